The van der Waals surface area contributed by atoms with Crippen LogP contribution in [0.15, 0.2) is 33.7 Å². The summed E-state index contributed by atoms with van der Waals surface area (Å²) in [5, 5.41) is 3.33. The zero-order chi connectivity index (χ0) is 15.3. The van der Waals surface area contributed by atoms with Crippen LogP contribution in [0.1, 0.15) is 65.2 Å². The molecule has 2 aliphatic rings. The Morgan fingerprint density at radius 2 is 1.21 bits per heavy atom. The van der Waals surface area contributed by atoms with Gasteiger partial charge >= 0.3 is 26.2 Å². The van der Waals surface area contributed by atoms with E-state index in [0.29, 0.717) is 0 Å². The van der Waals surface area contributed by atoms with E-state index >= 15 is 0 Å². The van der Waals surface area contributed by atoms with Gasteiger partial charge in [0.25, 0.3) is 0 Å². The second kappa shape index (κ2) is 12.9. The van der Waals surface area contributed by atoms with Crippen molar-refractivity contribution < 1.29 is 51.0 Å². The van der Waals surface area contributed by atoms with Crippen molar-refractivity contribution in [3.05, 3.63) is 45.8 Å². The summed E-state index contributed by atoms with van der Waals surface area (Å²) in [6.45, 7) is 9.62. The summed E-state index contributed by atoms with van der Waals surface area (Å²) in [5.41, 5.74) is 3.08. The molecule has 0 N–H and O–H groups in total. The third kappa shape index (κ3) is 6.42. The maximum atomic E-state index is 3.63. The predicted molar refractivity (Wildman–Crippen MR) is 95.4 cm³/mol. The van der Waals surface area contributed by atoms with Crippen LogP contribution in [-0.4, -0.2) is 8.07 Å². The third-order valence-corrected chi connectivity index (χ3v) is 8.51. The first-order chi connectivity index (χ1) is 10.1. The van der Waals surface area contributed by atoms with Crippen LogP contribution in [-0.2, 0) is 26.2 Å². The Hall–Kier alpha value is 0.640. The molecule has 0 saturated carbocycles. The van der Waals surface area contributed by atoms with Crippen molar-refractivity contribution >= 4 is 8.07 Å². The number of rotatable bonds is 8. The normalized spacial score (nSPS) is 16.2. The minimum atomic E-state index is -1.54. The fourth-order valence-corrected chi connectivity index (χ4v) is 7.00. The second-order valence-electron chi connectivity index (χ2n) is 6.79. The van der Waals surface area contributed by atoms with Crippen LogP contribution >= 0.6 is 0 Å². The molecule has 4 heteroatoms. The molecule has 24 heavy (non-hydrogen) atoms. The number of unbranched alkanes of at least 4 members (excludes halogenated alkanes) is 2. The van der Waals surface area contributed by atoms with Crippen LogP contribution < -0.4 is 24.8 Å². The van der Waals surface area contributed by atoms with Crippen molar-refractivity contribution in [2.24, 2.45) is 0 Å². The fraction of sp³-hybridized carbons (Fsp3) is 0.600. The summed E-state index contributed by atoms with van der Waals surface area (Å²) in [4.78, 5) is 0. The molecule has 0 radical (unpaired) electrons. The van der Waals surface area contributed by atoms with Gasteiger partial charge in [0.05, 0.1) is 0 Å². The van der Waals surface area contributed by atoms with E-state index in [4.69, 9.17) is 0 Å². The van der Waals surface area contributed by atoms with E-state index in [1.165, 1.54) is 49.7 Å². The largest absolute Gasteiger partial charge is 4.00 e. The van der Waals surface area contributed by atoms with Gasteiger partial charge in [0.15, 0.2) is 0 Å². The van der Waals surface area contributed by atoms with Gasteiger partial charge in [-0.25, -0.2) is 21.5 Å². The number of hydrogen-bond donors (Lipinski definition) is 0. The summed E-state index contributed by atoms with van der Waals surface area (Å²) >= 11 is 0. The molecule has 0 aromatic rings. The van der Waals surface area contributed by atoms with Gasteiger partial charge in [-0.2, -0.15) is 12.2 Å². The molecule has 0 amide bonds. The fourth-order valence-electron chi connectivity index (χ4n) is 3.55. The van der Waals surface area contributed by atoms with E-state index in [1.807, 2.05) is 0 Å². The molecule has 2 aliphatic carbocycles. The average Bonchev–Trinajstić information content (AvgIpc) is 3.11. The average molecular weight is 461 g/mol. The molecule has 0 heterocycles. The van der Waals surface area contributed by atoms with Crippen molar-refractivity contribution in [2.45, 2.75) is 78.3 Å². The van der Waals surface area contributed by atoms with E-state index in [1.54, 1.807) is 10.4 Å². The Balaban J connectivity index is 0. The molecule has 2 rings (SSSR count). The van der Waals surface area contributed by atoms with E-state index in [-0.39, 0.29) is 51.0 Å². The van der Waals surface area contributed by atoms with Crippen molar-refractivity contribution in [3.8, 4) is 0 Å². The minimum Gasteiger partial charge on any atom is -1.00 e. The van der Waals surface area contributed by atoms with Gasteiger partial charge in [0.2, 0.25) is 0 Å². The quantitative estimate of drug-likeness (QED) is 0.361. The Labute approximate surface area is 182 Å². The summed E-state index contributed by atoms with van der Waals surface area (Å²) in [7, 11) is -1.54. The Morgan fingerprint density at radius 3 is 1.54 bits per heavy atom. The van der Waals surface area contributed by atoms with Gasteiger partial charge in [-0.3, -0.25) is 12.2 Å². The first kappa shape index (κ1) is 26.9. The van der Waals surface area contributed by atoms with Crippen molar-refractivity contribution in [2.75, 3.05) is 0 Å². The molecule has 0 atom stereocenters. The molecule has 0 aliphatic heterocycles. The van der Waals surface area contributed by atoms with Crippen LogP contribution in [0, 0.1) is 12.2 Å². The molecule has 0 saturated heterocycles. The standard InChI is InChI=1S/C20H30Si.2ClH.Zr/c1-5-7-11-17-13-9-15-19(17)21(3,4)20-16-10-14-18(20)12-8-6-2;;;/h15-16H,5-12H2,1-4H3;2*1H;/q-2;;;+4/p-2. The maximum absolute atomic E-state index is 3.63. The molecule has 0 fully saturated rings. The van der Waals surface area contributed by atoms with Crippen LogP contribution in [0.4, 0.5) is 0 Å². The molecule has 0 spiro atoms. The topological polar surface area (TPSA) is 0 Å². The molecule has 0 nitrogen and oxygen atoms in total. The molecule has 132 valence electrons. The first-order valence-corrected chi connectivity index (χ1v) is 11.7. The van der Waals surface area contributed by atoms with Gasteiger partial charge in [-0.1, -0.05) is 73.5 Å². The Morgan fingerprint density at radius 1 is 0.833 bits per heavy atom. The number of allylic oxidation sites excluding steroid dienone is 8. The van der Waals surface area contributed by atoms with Crippen molar-refractivity contribution in [1.29, 1.82) is 0 Å². The molecule has 0 aromatic heterocycles. The van der Waals surface area contributed by atoms with Crippen molar-refractivity contribution in [1.82, 2.24) is 0 Å². The van der Waals surface area contributed by atoms with E-state index in [2.05, 4.69) is 51.2 Å². The van der Waals surface area contributed by atoms with Gasteiger partial charge in [-0.05, 0) is 0 Å². The van der Waals surface area contributed by atoms with Crippen LogP contribution in [0.2, 0.25) is 13.1 Å². The Kier molecular flexibility index (Phi) is 14.4. The van der Waals surface area contributed by atoms with Crippen LogP contribution in [0.3, 0.4) is 0 Å². The Bertz CT molecular complexity index is 458. The maximum Gasteiger partial charge on any atom is 4.00 e. The van der Waals surface area contributed by atoms with Gasteiger partial charge in [-0.15, -0.1) is 12.8 Å². The van der Waals surface area contributed by atoms with Gasteiger partial charge in [0.1, 0.15) is 0 Å². The van der Waals surface area contributed by atoms with Crippen molar-refractivity contribution in [3.63, 3.8) is 0 Å². The summed E-state index contributed by atoms with van der Waals surface area (Å²) < 4.78 is 0. The monoisotopic (exact) mass is 458 g/mol. The predicted octanol–water partition coefficient (Wildman–Crippen LogP) is 0.278. The smallest absolute Gasteiger partial charge is 1.00 e. The molecular weight excluding hydrogens is 430 g/mol. The second-order valence-corrected chi connectivity index (χ2v) is 11.1. The van der Waals surface area contributed by atoms with E-state index in [9.17, 15) is 0 Å². The number of hydrogen-bond acceptors (Lipinski definition) is 0. The van der Waals surface area contributed by atoms with Crippen LogP contribution in [0.5, 0.6) is 0 Å². The van der Waals surface area contributed by atoms with Gasteiger partial charge in [0, 0.05) is 0 Å². The summed E-state index contributed by atoms with van der Waals surface area (Å²) in [6, 6.07) is 0. The van der Waals surface area contributed by atoms with E-state index < -0.39 is 8.07 Å². The van der Waals surface area contributed by atoms with Crippen LogP contribution in [0.25, 0.3) is 0 Å². The van der Waals surface area contributed by atoms with E-state index in [0.717, 1.165) is 12.8 Å². The molecule has 0 bridgehead atoms. The number of halogens is 2. The molecule has 0 unspecified atom stereocenters. The first-order valence-electron chi connectivity index (χ1n) is 8.72. The molecular formula is C20H30Cl2SiZr. The van der Waals surface area contributed by atoms with Gasteiger partial charge < -0.3 is 24.8 Å². The molecule has 0 aromatic carbocycles. The third-order valence-electron chi connectivity index (χ3n) is 4.80. The SMILES string of the molecule is CCCCC1=[C-]CC=C1[Si](C)(C)C1=CC[C-]=C1CCCC.[Cl-].[Cl-].[Zr+4]. The zero-order valence-corrected chi connectivity index (χ0v) is 20.5. The summed E-state index contributed by atoms with van der Waals surface area (Å²) in [5.74, 6) is 0. The minimum absolute atomic E-state index is 0. The summed E-state index contributed by atoms with van der Waals surface area (Å²) in [6.07, 6.45) is 21.9. The zero-order valence-electron chi connectivity index (χ0n) is 15.6.